The van der Waals surface area contributed by atoms with Crippen LogP contribution in [0.25, 0.3) is 0 Å². The van der Waals surface area contributed by atoms with Crippen LogP contribution in [0.1, 0.15) is 22.0 Å². The molecule has 4 N–H and O–H groups in total. The maximum atomic E-state index is 12.6. The summed E-state index contributed by atoms with van der Waals surface area (Å²) in [6.07, 6.45) is 0. The quantitative estimate of drug-likeness (QED) is 0.403. The predicted octanol–water partition coefficient (Wildman–Crippen LogP) is 2.39. The summed E-state index contributed by atoms with van der Waals surface area (Å²) in [5.41, 5.74) is 7.63. The molecule has 0 bridgehead atoms. The van der Waals surface area contributed by atoms with Gasteiger partial charge in [0.05, 0.1) is 17.9 Å². The fourth-order valence-electron chi connectivity index (χ4n) is 2.38. The maximum absolute atomic E-state index is 12.6. The van der Waals surface area contributed by atoms with Crippen molar-refractivity contribution >= 4 is 36.0 Å². The predicted molar refractivity (Wildman–Crippen MR) is 115 cm³/mol. The summed E-state index contributed by atoms with van der Waals surface area (Å²) in [6.45, 7) is 1.27. The number of benzene rings is 2. The summed E-state index contributed by atoms with van der Waals surface area (Å²) in [5.74, 6) is -0.0694. The number of ether oxygens (including phenoxy) is 1. The molecule has 0 heterocycles. The molecule has 0 fully saturated rings. The van der Waals surface area contributed by atoms with E-state index in [1.165, 1.54) is 11.8 Å². The molecule has 0 aromatic heterocycles. The van der Waals surface area contributed by atoms with Crippen LogP contribution in [-0.2, 0) is 9.53 Å². The summed E-state index contributed by atoms with van der Waals surface area (Å²) in [4.78, 5) is 25.2. The van der Waals surface area contributed by atoms with Crippen LogP contribution in [0, 0.1) is 0 Å². The number of thioether (sulfide) groups is 1. The molecule has 2 aromatic carbocycles. The zero-order chi connectivity index (χ0) is 19.5. The van der Waals surface area contributed by atoms with Gasteiger partial charge in [0.25, 0.3) is 5.91 Å². The highest BCUT2D eigenvalue weighted by Gasteiger charge is 2.14. The number of hydrogen-bond donors (Lipinski definition) is 3. The van der Waals surface area contributed by atoms with E-state index in [4.69, 9.17) is 10.5 Å². The second-order valence-corrected chi connectivity index (χ2v) is 6.87. The number of nitrogens with one attached hydrogen (secondary N) is 2. The number of nitrogens with two attached hydrogens (primary N) is 1. The van der Waals surface area contributed by atoms with E-state index in [1.807, 2.05) is 42.5 Å². The number of carbonyl (C=O) groups is 2. The highest BCUT2D eigenvalue weighted by atomic mass is 35.5. The Morgan fingerprint density at radius 1 is 1.07 bits per heavy atom. The van der Waals surface area contributed by atoms with Gasteiger partial charge >= 0.3 is 0 Å². The molecule has 6 nitrogen and oxygen atoms in total. The fraction of sp³-hybridized carbons (Fsp3) is 0.300. The Morgan fingerprint density at radius 3 is 2.46 bits per heavy atom. The van der Waals surface area contributed by atoms with E-state index in [0.717, 1.165) is 10.5 Å². The second kappa shape index (κ2) is 13.2. The molecule has 0 radical (unpaired) electrons. The number of rotatable bonds is 10. The normalized spacial score (nSPS) is 11.2. The number of methoxy groups -OCH3 is 1. The van der Waals surface area contributed by atoms with Gasteiger partial charge in [0.15, 0.2) is 0 Å². The average Bonchev–Trinajstić information content (AvgIpc) is 2.71. The monoisotopic (exact) mass is 423 g/mol. The minimum absolute atomic E-state index is 0. The van der Waals surface area contributed by atoms with Gasteiger partial charge in [-0.15, -0.1) is 24.2 Å². The Balaban J connectivity index is 0.00000392. The zero-order valence-corrected chi connectivity index (χ0v) is 17.4. The first-order valence-electron chi connectivity index (χ1n) is 8.68. The first kappa shape index (κ1) is 24.0. The summed E-state index contributed by atoms with van der Waals surface area (Å²) >= 11 is 1.33. The number of amides is 2. The van der Waals surface area contributed by atoms with E-state index in [2.05, 4.69) is 10.6 Å². The Bertz CT molecular complexity index is 746. The van der Waals surface area contributed by atoms with Crippen molar-refractivity contribution < 1.29 is 14.3 Å². The second-order valence-electron chi connectivity index (χ2n) is 5.85. The van der Waals surface area contributed by atoms with Crippen LogP contribution in [0.3, 0.4) is 0 Å². The highest BCUT2D eigenvalue weighted by Crippen LogP contribution is 2.22. The molecule has 0 aliphatic carbocycles. The molecular formula is C20H26ClN3O3S. The van der Waals surface area contributed by atoms with Crippen molar-refractivity contribution in [3.05, 3.63) is 65.7 Å². The molecule has 1 atom stereocenters. The molecule has 1 unspecified atom stereocenters. The molecule has 2 amide bonds. The third kappa shape index (κ3) is 7.90. The molecular weight excluding hydrogens is 398 g/mol. The van der Waals surface area contributed by atoms with Gasteiger partial charge in [-0.25, -0.2) is 0 Å². The van der Waals surface area contributed by atoms with Gasteiger partial charge in [-0.3, -0.25) is 9.59 Å². The Labute approximate surface area is 176 Å². The summed E-state index contributed by atoms with van der Waals surface area (Å²) < 4.78 is 4.90. The number of halogens is 1. The van der Waals surface area contributed by atoms with Crippen molar-refractivity contribution in [2.75, 3.05) is 32.6 Å². The van der Waals surface area contributed by atoms with Crippen LogP contribution in [0.15, 0.2) is 59.5 Å². The Kier molecular flexibility index (Phi) is 11.3. The van der Waals surface area contributed by atoms with Crippen LogP contribution in [0.5, 0.6) is 0 Å². The van der Waals surface area contributed by atoms with Crippen molar-refractivity contribution in [1.82, 2.24) is 10.6 Å². The third-order valence-electron chi connectivity index (χ3n) is 3.83. The van der Waals surface area contributed by atoms with Crippen molar-refractivity contribution in [1.29, 1.82) is 0 Å². The highest BCUT2D eigenvalue weighted by molar-refractivity contribution is 8.00. The minimum Gasteiger partial charge on any atom is -0.383 e. The van der Waals surface area contributed by atoms with Crippen LogP contribution in [0.2, 0.25) is 0 Å². The molecule has 0 saturated heterocycles. The van der Waals surface area contributed by atoms with Gasteiger partial charge in [0, 0.05) is 31.1 Å². The van der Waals surface area contributed by atoms with E-state index in [-0.39, 0.29) is 36.0 Å². The van der Waals surface area contributed by atoms with E-state index in [1.54, 1.807) is 19.2 Å². The topological polar surface area (TPSA) is 93.4 Å². The lowest BCUT2D eigenvalue weighted by Crippen LogP contribution is -2.32. The van der Waals surface area contributed by atoms with Crippen molar-refractivity contribution in [2.24, 2.45) is 5.73 Å². The maximum Gasteiger partial charge on any atom is 0.252 e. The summed E-state index contributed by atoms with van der Waals surface area (Å²) in [5, 5.41) is 5.63. The molecule has 0 spiro atoms. The largest absolute Gasteiger partial charge is 0.383 e. The van der Waals surface area contributed by atoms with E-state index in [0.29, 0.717) is 25.3 Å². The Morgan fingerprint density at radius 2 is 1.75 bits per heavy atom. The fourth-order valence-corrected chi connectivity index (χ4v) is 3.26. The van der Waals surface area contributed by atoms with E-state index in [9.17, 15) is 9.59 Å². The summed E-state index contributed by atoms with van der Waals surface area (Å²) in [7, 11) is 1.58. The lowest BCUT2D eigenvalue weighted by Gasteiger charge is -2.14. The van der Waals surface area contributed by atoms with Crippen LogP contribution in [0.4, 0.5) is 0 Å². The molecule has 152 valence electrons. The first-order valence-corrected chi connectivity index (χ1v) is 9.66. The molecule has 8 heteroatoms. The molecule has 2 aromatic rings. The van der Waals surface area contributed by atoms with Crippen molar-refractivity contribution in [3.8, 4) is 0 Å². The number of carbonyl (C=O) groups excluding carboxylic acids is 2. The lowest BCUT2D eigenvalue weighted by atomic mass is 10.1. The van der Waals surface area contributed by atoms with Gasteiger partial charge < -0.3 is 21.1 Å². The van der Waals surface area contributed by atoms with Gasteiger partial charge in [0.2, 0.25) is 5.91 Å². The SMILES string of the molecule is COCCNC(=O)CSc1ccccc1C(=O)NCC(N)c1ccccc1.Cl. The van der Waals surface area contributed by atoms with Gasteiger partial charge in [-0.2, -0.15) is 0 Å². The van der Waals surface area contributed by atoms with Gasteiger partial charge in [-0.05, 0) is 17.7 Å². The minimum atomic E-state index is -0.276. The van der Waals surface area contributed by atoms with Crippen LogP contribution >= 0.6 is 24.2 Å². The van der Waals surface area contributed by atoms with E-state index >= 15 is 0 Å². The molecule has 0 aliphatic rings. The van der Waals surface area contributed by atoms with Crippen molar-refractivity contribution in [2.45, 2.75) is 10.9 Å². The molecule has 2 rings (SSSR count). The molecule has 0 aliphatic heterocycles. The Hall–Kier alpha value is -2.06. The third-order valence-corrected chi connectivity index (χ3v) is 4.90. The smallest absolute Gasteiger partial charge is 0.252 e. The number of hydrogen-bond acceptors (Lipinski definition) is 5. The van der Waals surface area contributed by atoms with Crippen molar-refractivity contribution in [3.63, 3.8) is 0 Å². The lowest BCUT2D eigenvalue weighted by molar-refractivity contribution is -0.118. The zero-order valence-electron chi connectivity index (χ0n) is 15.7. The van der Waals surface area contributed by atoms with Gasteiger partial charge in [-0.1, -0.05) is 42.5 Å². The molecule has 0 saturated carbocycles. The average molecular weight is 424 g/mol. The standard InChI is InChI=1S/C20H25N3O3S.ClH/c1-26-12-11-22-19(24)14-27-18-10-6-5-9-16(18)20(25)23-13-17(21)15-7-3-2-4-8-15;/h2-10,17H,11-14,21H2,1H3,(H,22,24)(H,23,25);1H. The van der Waals surface area contributed by atoms with Gasteiger partial charge in [0.1, 0.15) is 0 Å². The van der Waals surface area contributed by atoms with Crippen LogP contribution < -0.4 is 16.4 Å². The molecule has 28 heavy (non-hydrogen) atoms. The first-order chi connectivity index (χ1) is 13.1. The van der Waals surface area contributed by atoms with E-state index < -0.39 is 0 Å². The van der Waals surface area contributed by atoms with Crippen LogP contribution in [-0.4, -0.2) is 44.4 Å². The summed E-state index contributed by atoms with van der Waals surface area (Å²) in [6, 6.07) is 16.6.